The van der Waals surface area contributed by atoms with Crippen molar-refractivity contribution in [2.45, 2.75) is 12.2 Å². The topological polar surface area (TPSA) is 9.23 Å². The second kappa shape index (κ2) is 7.54. The van der Waals surface area contributed by atoms with E-state index >= 15 is 0 Å². The fraction of sp³-hybridized carbons (Fsp3) is 0.0667. The Labute approximate surface area is 183 Å². The van der Waals surface area contributed by atoms with E-state index in [1.165, 1.54) is 44.5 Å². The van der Waals surface area contributed by atoms with Crippen LogP contribution in [0.5, 0.6) is 0 Å². The van der Waals surface area contributed by atoms with E-state index < -0.39 is 0 Å². The number of hydrogen-bond donors (Lipinski definition) is 0. The second-order valence-electron chi connectivity index (χ2n) is 8.08. The first kappa shape index (κ1) is 18.1. The Kier molecular flexibility index (Phi) is 4.40. The molecule has 0 amide bonds. The van der Waals surface area contributed by atoms with Crippen LogP contribution in [0.3, 0.4) is 0 Å². The Morgan fingerprint density at radius 1 is 0.355 bits per heavy atom. The van der Waals surface area contributed by atoms with Crippen molar-refractivity contribution in [2.24, 2.45) is 0 Å². The summed E-state index contributed by atoms with van der Waals surface area (Å²) in [6.07, 6.45) is 8.49. The first-order chi connectivity index (χ1) is 15.4. The molecule has 0 aliphatic heterocycles. The lowest BCUT2D eigenvalue weighted by Gasteiger charge is -2.28. The molecule has 4 aromatic carbocycles. The fourth-order valence-corrected chi connectivity index (χ4v) is 4.73. The lowest BCUT2D eigenvalue weighted by Crippen LogP contribution is -2.15. The van der Waals surface area contributed by atoms with Crippen LogP contribution in [0.25, 0.3) is 24.3 Å². The minimum Gasteiger partial charge on any atom is -0.356 e. The molecule has 0 bridgehead atoms. The summed E-state index contributed by atoms with van der Waals surface area (Å²) < 4.78 is 7.12. The van der Waals surface area contributed by atoms with Gasteiger partial charge < -0.3 is 4.74 Å². The van der Waals surface area contributed by atoms with Gasteiger partial charge in [-0.1, -0.05) is 121 Å². The van der Waals surface area contributed by atoms with Crippen molar-refractivity contribution < 1.29 is 4.74 Å². The van der Waals surface area contributed by atoms with Crippen molar-refractivity contribution in [2.75, 3.05) is 0 Å². The molecule has 31 heavy (non-hydrogen) atoms. The molecular weight excluding hydrogens is 376 g/mol. The van der Waals surface area contributed by atoms with Crippen LogP contribution in [0.2, 0.25) is 0 Å². The minimum atomic E-state index is -0.161. The van der Waals surface area contributed by atoms with E-state index in [-0.39, 0.29) is 12.2 Å². The Morgan fingerprint density at radius 2 is 0.613 bits per heavy atom. The van der Waals surface area contributed by atoms with Gasteiger partial charge in [0.15, 0.2) is 0 Å². The molecule has 0 fully saturated rings. The Hall–Kier alpha value is -3.68. The van der Waals surface area contributed by atoms with Gasteiger partial charge in [-0.2, -0.15) is 0 Å². The fourth-order valence-electron chi connectivity index (χ4n) is 4.73. The zero-order valence-electron chi connectivity index (χ0n) is 17.1. The zero-order valence-corrected chi connectivity index (χ0v) is 17.1. The van der Waals surface area contributed by atoms with Gasteiger partial charge in [0.2, 0.25) is 0 Å². The highest BCUT2D eigenvalue weighted by atomic mass is 16.5. The van der Waals surface area contributed by atoms with Crippen molar-refractivity contribution >= 4 is 24.3 Å². The van der Waals surface area contributed by atoms with E-state index in [0.29, 0.717) is 0 Å². The first-order valence-electron chi connectivity index (χ1n) is 10.8. The quantitative estimate of drug-likeness (QED) is 0.339. The van der Waals surface area contributed by atoms with Crippen LogP contribution in [0, 0.1) is 0 Å². The molecule has 1 heteroatoms. The molecule has 6 rings (SSSR count). The van der Waals surface area contributed by atoms with Crippen LogP contribution in [0.1, 0.15) is 56.7 Å². The molecule has 0 aromatic heterocycles. The predicted molar refractivity (Wildman–Crippen MR) is 128 cm³/mol. The summed E-state index contributed by atoms with van der Waals surface area (Å²) in [5.74, 6) is 0. The lowest BCUT2D eigenvalue weighted by molar-refractivity contribution is 0.0306. The number of rotatable bonds is 2. The molecule has 0 radical (unpaired) electrons. The molecule has 0 unspecified atom stereocenters. The Bertz CT molecular complexity index is 1130. The second-order valence-corrected chi connectivity index (χ2v) is 8.08. The van der Waals surface area contributed by atoms with Gasteiger partial charge in [0.25, 0.3) is 0 Å². The molecule has 0 saturated heterocycles. The van der Waals surface area contributed by atoms with Crippen molar-refractivity contribution in [3.8, 4) is 0 Å². The van der Waals surface area contributed by atoms with Gasteiger partial charge in [0.1, 0.15) is 12.2 Å². The maximum atomic E-state index is 7.12. The summed E-state index contributed by atoms with van der Waals surface area (Å²) in [4.78, 5) is 0. The van der Waals surface area contributed by atoms with E-state index in [0.717, 1.165) is 0 Å². The van der Waals surface area contributed by atoms with Gasteiger partial charge >= 0.3 is 0 Å². The van der Waals surface area contributed by atoms with Crippen molar-refractivity contribution in [1.29, 1.82) is 0 Å². The van der Waals surface area contributed by atoms with E-state index in [2.05, 4.69) is 121 Å². The molecule has 0 atom stereocenters. The number of fused-ring (bicyclic) bond motifs is 4. The number of benzene rings is 4. The monoisotopic (exact) mass is 398 g/mol. The maximum absolute atomic E-state index is 7.12. The van der Waals surface area contributed by atoms with Crippen LogP contribution < -0.4 is 0 Å². The Morgan fingerprint density at radius 3 is 0.903 bits per heavy atom. The minimum absolute atomic E-state index is 0.161. The van der Waals surface area contributed by atoms with Crippen LogP contribution in [0.15, 0.2) is 97.1 Å². The molecule has 4 aromatic rings. The van der Waals surface area contributed by atoms with E-state index in [1.54, 1.807) is 0 Å². The summed E-state index contributed by atoms with van der Waals surface area (Å²) in [5, 5.41) is 0. The third kappa shape index (κ3) is 3.15. The van der Waals surface area contributed by atoms with Crippen LogP contribution >= 0.6 is 0 Å². The first-order valence-corrected chi connectivity index (χ1v) is 10.8. The van der Waals surface area contributed by atoms with Crippen LogP contribution in [-0.2, 0) is 4.74 Å². The number of hydrogen-bond acceptors (Lipinski definition) is 1. The average molecular weight is 399 g/mol. The molecular formula is C30H22O. The summed E-state index contributed by atoms with van der Waals surface area (Å²) >= 11 is 0. The van der Waals surface area contributed by atoms with Gasteiger partial charge in [0, 0.05) is 0 Å². The van der Waals surface area contributed by atoms with E-state index in [4.69, 9.17) is 4.74 Å². The van der Waals surface area contributed by atoms with Crippen molar-refractivity contribution in [3.05, 3.63) is 142 Å². The molecule has 0 spiro atoms. The predicted octanol–water partition coefficient (Wildman–Crippen LogP) is 7.55. The highest BCUT2D eigenvalue weighted by molar-refractivity contribution is 5.77. The summed E-state index contributed by atoms with van der Waals surface area (Å²) in [7, 11) is 0. The van der Waals surface area contributed by atoms with Crippen LogP contribution in [-0.4, -0.2) is 0 Å². The highest BCUT2D eigenvalue weighted by Crippen LogP contribution is 2.43. The van der Waals surface area contributed by atoms with Gasteiger partial charge in [-0.15, -0.1) is 0 Å². The summed E-state index contributed by atoms with van der Waals surface area (Å²) in [5.41, 5.74) is 9.64. The van der Waals surface area contributed by atoms with Crippen LogP contribution in [0.4, 0.5) is 0 Å². The van der Waals surface area contributed by atoms with Gasteiger partial charge in [-0.25, -0.2) is 0 Å². The third-order valence-corrected chi connectivity index (χ3v) is 6.27. The lowest BCUT2D eigenvalue weighted by atomic mass is 9.93. The molecule has 2 aliphatic rings. The normalized spacial score (nSPS) is 14.7. The SMILES string of the molecule is C1=Cc2ccccc2C(OC2c3ccccc3C=Cc3ccccc32)c2ccccc21. The smallest absolute Gasteiger partial charge is 0.110 e. The maximum Gasteiger partial charge on any atom is 0.110 e. The highest BCUT2D eigenvalue weighted by Gasteiger charge is 2.29. The van der Waals surface area contributed by atoms with Gasteiger partial charge in [0.05, 0.1) is 0 Å². The summed E-state index contributed by atoms with van der Waals surface area (Å²) in [6, 6.07) is 34.3. The largest absolute Gasteiger partial charge is 0.356 e. The zero-order chi connectivity index (χ0) is 20.6. The average Bonchev–Trinajstić information content (AvgIpc) is 3.09. The van der Waals surface area contributed by atoms with Crippen molar-refractivity contribution in [1.82, 2.24) is 0 Å². The molecule has 148 valence electrons. The van der Waals surface area contributed by atoms with Crippen molar-refractivity contribution in [3.63, 3.8) is 0 Å². The summed E-state index contributed by atoms with van der Waals surface area (Å²) in [6.45, 7) is 0. The number of ether oxygens (including phenoxy) is 1. The van der Waals surface area contributed by atoms with E-state index in [9.17, 15) is 0 Å². The van der Waals surface area contributed by atoms with Gasteiger partial charge in [-0.05, 0) is 44.5 Å². The van der Waals surface area contributed by atoms with E-state index in [1.807, 2.05) is 0 Å². The molecule has 1 nitrogen and oxygen atoms in total. The molecule has 0 saturated carbocycles. The standard InChI is InChI=1S/C30H22O/c1-5-13-25-21(9-1)17-18-22-10-2-6-14-26(22)29(25)31-30-27-15-7-3-11-23(27)19-20-24-12-4-8-16-28(24)30/h1-20,29-30H. The Balaban J connectivity index is 1.55. The van der Waals surface area contributed by atoms with Gasteiger partial charge in [-0.3, -0.25) is 0 Å². The molecule has 0 heterocycles. The molecule has 0 N–H and O–H groups in total. The third-order valence-electron chi connectivity index (χ3n) is 6.27. The molecule has 2 aliphatic carbocycles.